The van der Waals surface area contributed by atoms with Gasteiger partial charge in [0.1, 0.15) is 5.78 Å². The minimum absolute atomic E-state index is 0. The summed E-state index contributed by atoms with van der Waals surface area (Å²) in [4.78, 5) is 21.6. The maximum absolute atomic E-state index is 10.8. The Hall–Kier alpha value is -2.22. The van der Waals surface area contributed by atoms with Gasteiger partial charge in [0.2, 0.25) is 0 Å². The lowest BCUT2D eigenvalue weighted by atomic mass is 9.73. The Morgan fingerprint density at radius 3 is 1.02 bits per heavy atom. The molecule has 2 nitrogen and oxygen atoms in total. The van der Waals surface area contributed by atoms with Crippen LogP contribution in [0, 0.1) is 27.1 Å². The topological polar surface area (TPSA) is 34.1 Å². The molecule has 0 saturated carbocycles. The normalized spacial score (nSPS) is 13.8. The van der Waals surface area contributed by atoms with Crippen molar-refractivity contribution in [1.29, 1.82) is 0 Å². The summed E-state index contributed by atoms with van der Waals surface area (Å²) in [5.74, 6) is 0.358. The van der Waals surface area contributed by atoms with Gasteiger partial charge in [0.05, 0.1) is 0 Å². The van der Waals surface area contributed by atoms with Gasteiger partial charge in [-0.05, 0) is 110 Å². The highest BCUT2D eigenvalue weighted by atomic mass is 16.1. The number of Topliss-reactive ketones (excluding diaryl/α,β-unsaturated/α-hetero) is 2. The largest absolute Gasteiger partial charge is 0.299 e. The third-order valence-corrected chi connectivity index (χ3v) is 8.15. The van der Waals surface area contributed by atoms with Gasteiger partial charge in [0.25, 0.3) is 0 Å². The molecule has 2 aliphatic carbocycles. The Balaban J connectivity index is -0.000000114. The molecule has 2 aliphatic rings. The Bertz CT molecular complexity index is 1080. The van der Waals surface area contributed by atoms with E-state index in [-0.39, 0.29) is 44.7 Å². The average Bonchev–Trinajstić information content (AvgIpc) is 3.38. The summed E-state index contributed by atoms with van der Waals surface area (Å²) in [6.07, 6.45) is 12.9. The van der Waals surface area contributed by atoms with Crippen LogP contribution in [-0.2, 0) is 9.59 Å². The number of carbonyl (C=O) groups excluding carboxylic acids is 2. The van der Waals surface area contributed by atoms with E-state index >= 15 is 0 Å². The quantitative estimate of drug-likeness (QED) is 0.272. The van der Waals surface area contributed by atoms with Gasteiger partial charge in [-0.1, -0.05) is 164 Å². The van der Waals surface area contributed by atoms with Crippen LogP contribution in [0.25, 0.3) is 0 Å². The molecule has 0 N–H and O–H groups in total. The lowest BCUT2D eigenvalue weighted by Crippen LogP contribution is -2.21. The van der Waals surface area contributed by atoms with E-state index < -0.39 is 0 Å². The minimum Gasteiger partial charge on any atom is -0.299 e. The molecule has 0 radical (unpaired) electrons. The van der Waals surface area contributed by atoms with E-state index in [2.05, 4.69) is 122 Å². The molecule has 0 atom stereocenters. The molecular formula is C46H88O2. The van der Waals surface area contributed by atoms with Crippen molar-refractivity contribution in [3.63, 3.8) is 0 Å². The number of allylic oxidation sites excluding steroid dienone is 10. The van der Waals surface area contributed by atoms with Gasteiger partial charge in [0, 0.05) is 11.0 Å². The fourth-order valence-corrected chi connectivity index (χ4v) is 5.11. The summed E-state index contributed by atoms with van der Waals surface area (Å²) in [5.41, 5.74) is 8.59. The van der Waals surface area contributed by atoms with Crippen LogP contribution in [-0.4, -0.2) is 11.6 Å². The van der Waals surface area contributed by atoms with Crippen molar-refractivity contribution < 1.29 is 9.59 Å². The van der Waals surface area contributed by atoms with Crippen LogP contribution < -0.4 is 0 Å². The highest BCUT2D eigenvalue weighted by Crippen LogP contribution is 2.37. The van der Waals surface area contributed by atoms with Crippen LogP contribution in [0.4, 0.5) is 0 Å². The molecule has 0 amide bonds. The van der Waals surface area contributed by atoms with Crippen LogP contribution >= 0.6 is 0 Å². The summed E-state index contributed by atoms with van der Waals surface area (Å²) >= 11 is 0. The van der Waals surface area contributed by atoms with Gasteiger partial charge < -0.3 is 0 Å². The van der Waals surface area contributed by atoms with Crippen molar-refractivity contribution in [3.8, 4) is 0 Å². The van der Waals surface area contributed by atoms with Gasteiger partial charge in [-0.2, -0.15) is 0 Å². The van der Waals surface area contributed by atoms with Crippen LogP contribution in [0.5, 0.6) is 0 Å². The molecular weight excluding hydrogens is 585 g/mol. The number of hydrogen-bond acceptors (Lipinski definition) is 2. The molecule has 0 aromatic rings. The van der Waals surface area contributed by atoms with E-state index in [0.717, 1.165) is 17.6 Å². The van der Waals surface area contributed by atoms with Gasteiger partial charge in [-0.3, -0.25) is 9.59 Å². The highest BCUT2D eigenvalue weighted by molar-refractivity contribution is 5.97. The second kappa shape index (κ2) is 24.0. The van der Waals surface area contributed by atoms with E-state index in [9.17, 15) is 9.59 Å². The van der Waals surface area contributed by atoms with E-state index in [0.29, 0.717) is 16.2 Å². The zero-order valence-electron chi connectivity index (χ0n) is 33.9. The molecule has 0 aromatic carbocycles. The third kappa shape index (κ3) is 29.9. The summed E-state index contributed by atoms with van der Waals surface area (Å²) in [6, 6.07) is 0. The molecule has 0 aromatic heterocycles. The first-order chi connectivity index (χ1) is 19.8. The fourth-order valence-electron chi connectivity index (χ4n) is 5.11. The average molecular weight is 673 g/mol. The Labute approximate surface area is 304 Å². The number of carbonyl (C=O) groups is 2. The third-order valence-electron chi connectivity index (χ3n) is 8.15. The molecule has 2 rings (SSSR count). The molecule has 0 aliphatic heterocycles. The molecule has 0 bridgehead atoms. The van der Waals surface area contributed by atoms with Crippen molar-refractivity contribution >= 4 is 11.6 Å². The Kier molecular flexibility index (Phi) is 29.0. The fraction of sp³-hybridized carbons (Fsp3) is 0.696. The van der Waals surface area contributed by atoms with E-state index in [1.165, 1.54) is 41.6 Å². The van der Waals surface area contributed by atoms with E-state index in [1.807, 2.05) is 39.8 Å². The lowest BCUT2D eigenvalue weighted by molar-refractivity contribution is -0.123. The molecule has 0 unspecified atom stereocenters. The van der Waals surface area contributed by atoms with Gasteiger partial charge in [0.15, 0.2) is 5.78 Å². The predicted molar refractivity (Wildman–Crippen MR) is 225 cm³/mol. The van der Waals surface area contributed by atoms with Crippen LogP contribution in [0.1, 0.15) is 186 Å². The zero-order chi connectivity index (χ0) is 36.8. The first-order valence-electron chi connectivity index (χ1n) is 16.8. The number of hydrogen-bond donors (Lipinski definition) is 0. The second-order valence-corrected chi connectivity index (χ2v) is 18.1. The summed E-state index contributed by atoms with van der Waals surface area (Å²) < 4.78 is 0. The van der Waals surface area contributed by atoms with E-state index in [1.54, 1.807) is 13.8 Å². The van der Waals surface area contributed by atoms with Gasteiger partial charge >= 0.3 is 0 Å². The van der Waals surface area contributed by atoms with Crippen molar-refractivity contribution in [1.82, 2.24) is 0 Å². The van der Waals surface area contributed by atoms with E-state index in [4.69, 9.17) is 0 Å². The molecule has 0 fully saturated rings. The number of rotatable bonds is 5. The molecule has 0 saturated heterocycles. The zero-order valence-corrected chi connectivity index (χ0v) is 33.9. The van der Waals surface area contributed by atoms with Crippen molar-refractivity contribution in [3.05, 3.63) is 70.9 Å². The highest BCUT2D eigenvalue weighted by Gasteiger charge is 2.26. The molecule has 48 heavy (non-hydrogen) atoms. The molecule has 0 spiro atoms. The molecule has 284 valence electrons. The molecule has 0 heterocycles. The maximum Gasteiger partial charge on any atom is 0.159 e. The first kappa shape index (κ1) is 58.0. The second-order valence-electron chi connectivity index (χ2n) is 18.1. The molecule has 2 heteroatoms. The summed E-state index contributed by atoms with van der Waals surface area (Å²) in [7, 11) is 0. The smallest absolute Gasteiger partial charge is 0.159 e. The van der Waals surface area contributed by atoms with Gasteiger partial charge in [-0.25, -0.2) is 0 Å². The predicted octanol–water partition coefficient (Wildman–Crippen LogP) is 15.7. The Morgan fingerprint density at radius 2 is 0.938 bits per heavy atom. The van der Waals surface area contributed by atoms with Gasteiger partial charge in [-0.15, -0.1) is 0 Å². The Morgan fingerprint density at radius 1 is 0.583 bits per heavy atom. The van der Waals surface area contributed by atoms with Crippen molar-refractivity contribution in [2.45, 2.75) is 186 Å². The first-order valence-corrected chi connectivity index (χ1v) is 16.8. The summed E-state index contributed by atoms with van der Waals surface area (Å²) in [5, 5.41) is 0. The van der Waals surface area contributed by atoms with Crippen molar-refractivity contribution in [2.75, 3.05) is 0 Å². The lowest BCUT2D eigenvalue weighted by Gasteiger charge is -2.32. The maximum atomic E-state index is 10.8. The monoisotopic (exact) mass is 673 g/mol. The number of ketones is 2. The standard InChI is InChI=1S/C11H22.C9H20.C8H10O.C8H14O.C7H10.3CH4/c1-9(2)11(6,7)8-10(3,4)5;1-8(2,3)7-9(4,5)6;1-6-4-3-5-8(6)7(2)9;1-6(2)8(4,5)7(3)9;1-6-4-3-5-7(6)2;;;/h1,8H2,2-7H3;7H2,1-6H3;3,5H,4H2,1-2H3;1H2,2-5H3;3-4H,5H2,1-2H3;3*1H4. The summed E-state index contributed by atoms with van der Waals surface area (Å²) in [6.45, 7) is 50.1. The van der Waals surface area contributed by atoms with Crippen LogP contribution in [0.15, 0.2) is 70.9 Å². The van der Waals surface area contributed by atoms with Crippen molar-refractivity contribution in [2.24, 2.45) is 27.1 Å². The van der Waals surface area contributed by atoms with Crippen LogP contribution in [0.3, 0.4) is 0 Å². The minimum atomic E-state index is -0.333. The van der Waals surface area contributed by atoms with Crippen LogP contribution in [0.2, 0.25) is 0 Å². The SMILES string of the molecule is C.C.C.C=C(C)C(C)(C)C(C)=O.C=C(C)C(C)(C)CC(C)(C)C.CC(=O)C1=C(C)CC=C1.CC(C)(C)CC(C)(C)C.CC1=C(C)CC=C1.